The number of nitrogens with two attached hydrogens (primary N) is 1. The number of anilines is 2. The number of benzene rings is 1. The Kier molecular flexibility index (Phi) is 6.43. The van der Waals surface area contributed by atoms with Gasteiger partial charge in [-0.2, -0.15) is 0 Å². The number of hydrogen-bond acceptors (Lipinski definition) is 3. The van der Waals surface area contributed by atoms with Crippen LogP contribution in [0.4, 0.5) is 11.4 Å². The Balaban J connectivity index is 2.30. The molecule has 0 aliphatic rings. The number of rotatable bonds is 7. The second-order valence-electron chi connectivity index (χ2n) is 4.09. The SMILES string of the molecule is CCCS(=O)CCCC(=O)Nc1ccccc1N. The van der Waals surface area contributed by atoms with Gasteiger partial charge in [0.05, 0.1) is 11.4 Å². The molecule has 1 unspecified atom stereocenters. The van der Waals surface area contributed by atoms with E-state index in [0.29, 0.717) is 35.7 Å². The van der Waals surface area contributed by atoms with Crippen LogP contribution >= 0.6 is 0 Å². The minimum absolute atomic E-state index is 0.0820. The number of para-hydroxylation sites is 2. The average Bonchev–Trinajstić information content (AvgIpc) is 2.32. The Labute approximate surface area is 110 Å². The lowest BCUT2D eigenvalue weighted by molar-refractivity contribution is -0.116. The number of carbonyl (C=O) groups excluding carboxylic acids is 1. The van der Waals surface area contributed by atoms with Crippen molar-refractivity contribution in [3.05, 3.63) is 24.3 Å². The number of nitrogen functional groups attached to an aromatic ring is 1. The largest absolute Gasteiger partial charge is 0.397 e. The summed E-state index contributed by atoms with van der Waals surface area (Å²) in [6.45, 7) is 2.00. The summed E-state index contributed by atoms with van der Waals surface area (Å²) in [5.74, 6) is 1.22. The maximum atomic E-state index is 11.6. The molecule has 0 aliphatic carbocycles. The van der Waals surface area contributed by atoms with Crippen LogP contribution in [0.5, 0.6) is 0 Å². The van der Waals surface area contributed by atoms with Crippen LogP contribution in [0.3, 0.4) is 0 Å². The van der Waals surface area contributed by atoms with Crippen LogP contribution in [0.2, 0.25) is 0 Å². The average molecular weight is 268 g/mol. The van der Waals surface area contributed by atoms with Crippen molar-refractivity contribution in [3.63, 3.8) is 0 Å². The normalized spacial score (nSPS) is 12.1. The fourth-order valence-electron chi connectivity index (χ4n) is 1.55. The van der Waals surface area contributed by atoms with Gasteiger partial charge in [0.2, 0.25) is 5.91 Å². The highest BCUT2D eigenvalue weighted by Gasteiger charge is 2.05. The summed E-state index contributed by atoms with van der Waals surface area (Å²) < 4.78 is 11.4. The third kappa shape index (κ3) is 5.31. The molecule has 0 fully saturated rings. The van der Waals surface area contributed by atoms with Gasteiger partial charge in [0.1, 0.15) is 0 Å². The summed E-state index contributed by atoms with van der Waals surface area (Å²) in [6, 6.07) is 7.15. The molecule has 100 valence electrons. The van der Waals surface area contributed by atoms with Gasteiger partial charge in [-0.3, -0.25) is 9.00 Å². The second kappa shape index (κ2) is 7.87. The molecular formula is C13H20N2O2S. The van der Waals surface area contributed by atoms with Gasteiger partial charge in [0.15, 0.2) is 0 Å². The number of amides is 1. The van der Waals surface area contributed by atoms with E-state index in [-0.39, 0.29) is 5.91 Å². The van der Waals surface area contributed by atoms with Crippen molar-refractivity contribution in [1.29, 1.82) is 0 Å². The lowest BCUT2D eigenvalue weighted by Gasteiger charge is -2.07. The van der Waals surface area contributed by atoms with Crippen LogP contribution in [0.1, 0.15) is 26.2 Å². The monoisotopic (exact) mass is 268 g/mol. The molecule has 1 atom stereocenters. The third-order valence-electron chi connectivity index (χ3n) is 2.44. The molecule has 0 spiro atoms. The van der Waals surface area contributed by atoms with E-state index in [1.807, 2.05) is 19.1 Å². The third-order valence-corrected chi connectivity index (χ3v) is 4.05. The first-order valence-corrected chi connectivity index (χ1v) is 7.61. The molecule has 1 amide bonds. The zero-order chi connectivity index (χ0) is 13.4. The number of carbonyl (C=O) groups is 1. The quantitative estimate of drug-likeness (QED) is 0.744. The fraction of sp³-hybridized carbons (Fsp3) is 0.462. The molecule has 0 bridgehead atoms. The van der Waals surface area contributed by atoms with Gasteiger partial charge in [-0.1, -0.05) is 19.1 Å². The molecule has 1 rings (SSSR count). The molecule has 1 aromatic rings. The van der Waals surface area contributed by atoms with Crippen molar-refractivity contribution in [1.82, 2.24) is 0 Å². The lowest BCUT2D eigenvalue weighted by Crippen LogP contribution is -2.14. The van der Waals surface area contributed by atoms with E-state index >= 15 is 0 Å². The Morgan fingerprint density at radius 2 is 2.06 bits per heavy atom. The molecular weight excluding hydrogens is 248 g/mol. The van der Waals surface area contributed by atoms with Crippen molar-refractivity contribution in [2.45, 2.75) is 26.2 Å². The first-order chi connectivity index (χ1) is 8.63. The van der Waals surface area contributed by atoms with E-state index in [1.165, 1.54) is 0 Å². The van der Waals surface area contributed by atoms with Crippen LogP contribution in [0.25, 0.3) is 0 Å². The highest BCUT2D eigenvalue weighted by atomic mass is 32.2. The highest BCUT2D eigenvalue weighted by Crippen LogP contribution is 2.16. The van der Waals surface area contributed by atoms with E-state index < -0.39 is 10.8 Å². The molecule has 3 N–H and O–H groups in total. The molecule has 4 nitrogen and oxygen atoms in total. The van der Waals surface area contributed by atoms with Gasteiger partial charge in [-0.25, -0.2) is 0 Å². The summed E-state index contributed by atoms with van der Waals surface area (Å²) in [7, 11) is -0.792. The molecule has 0 heterocycles. The number of nitrogens with one attached hydrogen (secondary N) is 1. The van der Waals surface area contributed by atoms with Gasteiger partial charge in [-0.15, -0.1) is 0 Å². The summed E-state index contributed by atoms with van der Waals surface area (Å²) >= 11 is 0. The smallest absolute Gasteiger partial charge is 0.224 e. The van der Waals surface area contributed by atoms with Crippen LogP contribution in [-0.2, 0) is 15.6 Å². The van der Waals surface area contributed by atoms with E-state index in [2.05, 4.69) is 5.32 Å². The minimum Gasteiger partial charge on any atom is -0.397 e. The van der Waals surface area contributed by atoms with Crippen LogP contribution < -0.4 is 11.1 Å². The summed E-state index contributed by atoms with van der Waals surface area (Å²) in [5, 5.41) is 2.75. The van der Waals surface area contributed by atoms with E-state index in [1.54, 1.807) is 12.1 Å². The maximum Gasteiger partial charge on any atom is 0.224 e. The molecule has 0 saturated heterocycles. The summed E-state index contributed by atoms with van der Waals surface area (Å²) in [5.41, 5.74) is 6.91. The predicted molar refractivity (Wildman–Crippen MR) is 76.9 cm³/mol. The molecule has 5 heteroatoms. The lowest BCUT2D eigenvalue weighted by atomic mass is 10.2. The molecule has 18 heavy (non-hydrogen) atoms. The standard InChI is InChI=1S/C13H20N2O2S/c1-2-9-18(17)10-5-8-13(16)15-12-7-4-3-6-11(12)14/h3-4,6-7H,2,5,8-10,14H2,1H3,(H,15,16). The zero-order valence-corrected chi connectivity index (χ0v) is 11.5. The van der Waals surface area contributed by atoms with Gasteiger partial charge in [-0.05, 0) is 25.0 Å². The van der Waals surface area contributed by atoms with Crippen molar-refractivity contribution >= 4 is 28.1 Å². The van der Waals surface area contributed by atoms with E-state index in [0.717, 1.165) is 6.42 Å². The van der Waals surface area contributed by atoms with Crippen LogP contribution in [0, 0.1) is 0 Å². The van der Waals surface area contributed by atoms with Gasteiger partial charge >= 0.3 is 0 Å². The maximum absolute atomic E-state index is 11.6. The number of hydrogen-bond donors (Lipinski definition) is 2. The van der Waals surface area contributed by atoms with E-state index in [9.17, 15) is 9.00 Å². The molecule has 0 radical (unpaired) electrons. The highest BCUT2D eigenvalue weighted by molar-refractivity contribution is 7.84. The van der Waals surface area contributed by atoms with Crippen molar-refractivity contribution in [3.8, 4) is 0 Å². The summed E-state index contributed by atoms with van der Waals surface area (Å²) in [6.07, 6.45) is 1.94. The summed E-state index contributed by atoms with van der Waals surface area (Å²) in [4.78, 5) is 11.6. The Hall–Kier alpha value is -1.36. The zero-order valence-electron chi connectivity index (χ0n) is 10.6. The van der Waals surface area contributed by atoms with Gasteiger partial charge < -0.3 is 11.1 Å². The molecule has 1 aromatic carbocycles. The molecule has 0 aromatic heterocycles. The Morgan fingerprint density at radius 3 is 2.72 bits per heavy atom. The molecule has 0 saturated carbocycles. The van der Waals surface area contributed by atoms with Crippen molar-refractivity contribution in [2.24, 2.45) is 0 Å². The predicted octanol–water partition coefficient (Wildman–Crippen LogP) is 2.15. The van der Waals surface area contributed by atoms with Crippen LogP contribution in [-0.4, -0.2) is 21.6 Å². The first kappa shape index (κ1) is 14.7. The van der Waals surface area contributed by atoms with Gasteiger partial charge in [0.25, 0.3) is 0 Å². The van der Waals surface area contributed by atoms with Gasteiger partial charge in [0, 0.05) is 28.7 Å². The Bertz CT molecular complexity index is 421. The van der Waals surface area contributed by atoms with Crippen LogP contribution in [0.15, 0.2) is 24.3 Å². The molecule has 0 aliphatic heterocycles. The fourth-order valence-corrected chi connectivity index (χ4v) is 2.67. The topological polar surface area (TPSA) is 72.2 Å². The van der Waals surface area contributed by atoms with Crippen molar-refractivity contribution in [2.75, 3.05) is 22.6 Å². The first-order valence-electron chi connectivity index (χ1n) is 6.12. The van der Waals surface area contributed by atoms with Crippen molar-refractivity contribution < 1.29 is 9.00 Å². The second-order valence-corrected chi connectivity index (χ2v) is 5.78. The Morgan fingerprint density at radius 1 is 1.33 bits per heavy atom. The van der Waals surface area contributed by atoms with E-state index in [4.69, 9.17) is 5.73 Å². The minimum atomic E-state index is -0.792.